The summed E-state index contributed by atoms with van der Waals surface area (Å²) in [4.78, 5) is 11.9. The molecule has 3 nitrogen and oxygen atoms in total. The van der Waals surface area contributed by atoms with Crippen LogP contribution in [-0.4, -0.2) is 25.4 Å². The SMILES string of the molecule is NCC1(C(=O)NCC(F)F)CCCCCC1. The molecule has 94 valence electrons. The second-order valence-corrected chi connectivity index (χ2v) is 4.50. The summed E-state index contributed by atoms with van der Waals surface area (Å²) < 4.78 is 24.1. The van der Waals surface area contributed by atoms with Gasteiger partial charge in [-0.05, 0) is 12.8 Å². The molecule has 0 bridgehead atoms. The summed E-state index contributed by atoms with van der Waals surface area (Å²) >= 11 is 0. The fraction of sp³-hybridized carbons (Fsp3) is 0.909. The number of carbonyl (C=O) groups excluding carboxylic acids is 1. The van der Waals surface area contributed by atoms with Crippen LogP contribution in [0.4, 0.5) is 8.78 Å². The van der Waals surface area contributed by atoms with Crippen LogP contribution in [-0.2, 0) is 4.79 Å². The van der Waals surface area contributed by atoms with E-state index in [1.165, 1.54) is 0 Å². The zero-order chi connectivity index (χ0) is 12.0. The number of amides is 1. The molecular weight excluding hydrogens is 214 g/mol. The highest BCUT2D eigenvalue weighted by Crippen LogP contribution is 2.34. The Kier molecular flexibility index (Phi) is 5.12. The molecule has 1 aliphatic carbocycles. The van der Waals surface area contributed by atoms with E-state index in [1.54, 1.807) is 0 Å². The molecular formula is C11H20F2N2O. The average Bonchev–Trinajstić information content (AvgIpc) is 2.51. The van der Waals surface area contributed by atoms with E-state index in [1.807, 2.05) is 0 Å². The lowest BCUT2D eigenvalue weighted by molar-refractivity contribution is -0.132. The lowest BCUT2D eigenvalue weighted by atomic mass is 9.79. The smallest absolute Gasteiger partial charge is 0.255 e. The van der Waals surface area contributed by atoms with E-state index in [9.17, 15) is 13.6 Å². The van der Waals surface area contributed by atoms with Crippen LogP contribution in [0.15, 0.2) is 0 Å². The zero-order valence-corrected chi connectivity index (χ0v) is 9.48. The first-order valence-electron chi connectivity index (χ1n) is 5.87. The van der Waals surface area contributed by atoms with Gasteiger partial charge in [0, 0.05) is 6.54 Å². The van der Waals surface area contributed by atoms with E-state index in [0.717, 1.165) is 38.5 Å². The summed E-state index contributed by atoms with van der Waals surface area (Å²) in [5.41, 5.74) is 5.06. The van der Waals surface area contributed by atoms with Crippen molar-refractivity contribution < 1.29 is 13.6 Å². The molecule has 0 aromatic carbocycles. The first-order valence-corrected chi connectivity index (χ1v) is 5.87. The van der Waals surface area contributed by atoms with Gasteiger partial charge in [0.15, 0.2) is 0 Å². The topological polar surface area (TPSA) is 55.1 Å². The lowest BCUT2D eigenvalue weighted by Crippen LogP contribution is -2.46. The number of nitrogens with one attached hydrogen (secondary N) is 1. The fourth-order valence-corrected chi connectivity index (χ4v) is 2.29. The van der Waals surface area contributed by atoms with Gasteiger partial charge in [-0.25, -0.2) is 8.78 Å². The van der Waals surface area contributed by atoms with Gasteiger partial charge in [0.2, 0.25) is 5.91 Å². The van der Waals surface area contributed by atoms with Gasteiger partial charge in [0.25, 0.3) is 6.43 Å². The van der Waals surface area contributed by atoms with E-state index in [0.29, 0.717) is 0 Å². The molecule has 1 rings (SSSR count). The van der Waals surface area contributed by atoms with Gasteiger partial charge >= 0.3 is 0 Å². The first-order chi connectivity index (χ1) is 7.60. The molecule has 16 heavy (non-hydrogen) atoms. The number of alkyl halides is 2. The maximum Gasteiger partial charge on any atom is 0.255 e. The minimum absolute atomic E-state index is 0.252. The summed E-state index contributed by atoms with van der Waals surface area (Å²) in [6, 6.07) is 0. The number of hydrogen-bond donors (Lipinski definition) is 2. The van der Waals surface area contributed by atoms with Crippen molar-refractivity contribution in [3.05, 3.63) is 0 Å². The predicted molar refractivity (Wildman–Crippen MR) is 58.2 cm³/mol. The number of rotatable bonds is 4. The van der Waals surface area contributed by atoms with E-state index in [-0.39, 0.29) is 12.5 Å². The maximum absolute atomic E-state index is 12.0. The van der Waals surface area contributed by atoms with Gasteiger partial charge in [-0.2, -0.15) is 0 Å². The van der Waals surface area contributed by atoms with Crippen LogP contribution in [0.3, 0.4) is 0 Å². The Labute approximate surface area is 94.8 Å². The Hall–Kier alpha value is -0.710. The van der Waals surface area contributed by atoms with Crippen LogP contribution < -0.4 is 11.1 Å². The minimum Gasteiger partial charge on any atom is -0.350 e. The number of nitrogens with two attached hydrogens (primary N) is 1. The third-order valence-corrected chi connectivity index (χ3v) is 3.35. The molecule has 1 amide bonds. The molecule has 1 aliphatic rings. The minimum atomic E-state index is -2.50. The molecule has 0 aliphatic heterocycles. The molecule has 0 spiro atoms. The Morgan fingerprint density at radius 2 is 1.81 bits per heavy atom. The molecule has 1 saturated carbocycles. The van der Waals surface area contributed by atoms with Crippen molar-refractivity contribution in [3.63, 3.8) is 0 Å². The summed E-state index contributed by atoms with van der Waals surface area (Å²) in [7, 11) is 0. The Morgan fingerprint density at radius 3 is 2.25 bits per heavy atom. The highest BCUT2D eigenvalue weighted by atomic mass is 19.3. The summed E-state index contributed by atoms with van der Waals surface area (Å²) in [5, 5.41) is 2.30. The van der Waals surface area contributed by atoms with Gasteiger partial charge in [-0.1, -0.05) is 25.7 Å². The number of carbonyl (C=O) groups is 1. The Bertz CT molecular complexity index is 226. The van der Waals surface area contributed by atoms with Gasteiger partial charge < -0.3 is 11.1 Å². The van der Waals surface area contributed by atoms with E-state index < -0.39 is 18.4 Å². The molecule has 0 atom stereocenters. The molecule has 0 unspecified atom stereocenters. The first kappa shape index (κ1) is 13.4. The third-order valence-electron chi connectivity index (χ3n) is 3.35. The van der Waals surface area contributed by atoms with Gasteiger partial charge in [0.1, 0.15) is 0 Å². The van der Waals surface area contributed by atoms with Crippen LogP contribution in [0.2, 0.25) is 0 Å². The van der Waals surface area contributed by atoms with E-state index in [4.69, 9.17) is 5.73 Å². The zero-order valence-electron chi connectivity index (χ0n) is 9.48. The second kappa shape index (κ2) is 6.13. The van der Waals surface area contributed by atoms with Crippen LogP contribution >= 0.6 is 0 Å². The molecule has 0 heterocycles. The second-order valence-electron chi connectivity index (χ2n) is 4.50. The highest BCUT2D eigenvalue weighted by Gasteiger charge is 2.37. The molecule has 0 aromatic heterocycles. The fourth-order valence-electron chi connectivity index (χ4n) is 2.29. The van der Waals surface area contributed by atoms with Crippen molar-refractivity contribution in [1.29, 1.82) is 0 Å². The van der Waals surface area contributed by atoms with Crippen molar-refractivity contribution in [1.82, 2.24) is 5.32 Å². The number of halogens is 2. The van der Waals surface area contributed by atoms with Gasteiger partial charge in [-0.15, -0.1) is 0 Å². The van der Waals surface area contributed by atoms with Gasteiger partial charge in [-0.3, -0.25) is 4.79 Å². The number of hydrogen-bond acceptors (Lipinski definition) is 2. The van der Waals surface area contributed by atoms with Gasteiger partial charge in [0.05, 0.1) is 12.0 Å². The summed E-state index contributed by atoms with van der Waals surface area (Å²) in [5.74, 6) is -0.294. The lowest BCUT2D eigenvalue weighted by Gasteiger charge is -2.29. The Morgan fingerprint density at radius 1 is 1.25 bits per heavy atom. The monoisotopic (exact) mass is 234 g/mol. The molecule has 0 aromatic rings. The van der Waals surface area contributed by atoms with Crippen LogP contribution in [0, 0.1) is 5.41 Å². The maximum atomic E-state index is 12.0. The van der Waals surface area contributed by atoms with Crippen LogP contribution in [0.1, 0.15) is 38.5 Å². The molecule has 0 radical (unpaired) electrons. The predicted octanol–water partition coefficient (Wildman–Crippen LogP) is 1.67. The third kappa shape index (κ3) is 3.40. The molecule has 1 fully saturated rings. The van der Waals surface area contributed by atoms with Crippen molar-refractivity contribution in [2.24, 2.45) is 11.1 Å². The van der Waals surface area contributed by atoms with Crippen molar-refractivity contribution in [3.8, 4) is 0 Å². The summed E-state index contributed by atoms with van der Waals surface area (Å²) in [6.07, 6.45) is 3.06. The van der Waals surface area contributed by atoms with Crippen molar-refractivity contribution in [2.45, 2.75) is 45.0 Å². The average molecular weight is 234 g/mol. The van der Waals surface area contributed by atoms with Crippen LogP contribution in [0.5, 0.6) is 0 Å². The van der Waals surface area contributed by atoms with E-state index >= 15 is 0 Å². The Balaban J connectivity index is 2.58. The normalized spacial score (nSPS) is 20.5. The van der Waals surface area contributed by atoms with Crippen molar-refractivity contribution >= 4 is 5.91 Å². The molecule has 3 N–H and O–H groups in total. The van der Waals surface area contributed by atoms with E-state index in [2.05, 4.69) is 5.32 Å². The van der Waals surface area contributed by atoms with Crippen LogP contribution in [0.25, 0.3) is 0 Å². The largest absolute Gasteiger partial charge is 0.350 e. The molecule has 0 saturated heterocycles. The van der Waals surface area contributed by atoms with Crippen molar-refractivity contribution in [2.75, 3.05) is 13.1 Å². The standard InChI is InChI=1S/C11H20F2N2O/c12-9(13)7-15-10(16)11(8-14)5-3-1-2-4-6-11/h9H,1-8,14H2,(H,15,16). The summed E-state index contributed by atoms with van der Waals surface area (Å²) in [6.45, 7) is -0.317. The quantitative estimate of drug-likeness (QED) is 0.727. The molecule has 5 heteroatoms. The highest BCUT2D eigenvalue weighted by molar-refractivity contribution is 5.82.